The van der Waals surface area contributed by atoms with Crippen LogP contribution in [0.3, 0.4) is 0 Å². The number of hydrogen-bond acceptors (Lipinski definition) is 6. The topological polar surface area (TPSA) is 124 Å². The molecule has 0 saturated heterocycles. The summed E-state index contributed by atoms with van der Waals surface area (Å²) in [5.41, 5.74) is 0.933. The normalized spacial score (nSPS) is 11.5. The van der Waals surface area contributed by atoms with Gasteiger partial charge >= 0.3 is 0 Å². The molecule has 0 unspecified atom stereocenters. The lowest BCUT2D eigenvalue weighted by molar-refractivity contribution is -0.113. The summed E-state index contributed by atoms with van der Waals surface area (Å²) < 4.78 is 24.8. The summed E-state index contributed by atoms with van der Waals surface area (Å²) in [4.78, 5) is 29.6. The lowest BCUT2D eigenvalue weighted by Crippen LogP contribution is -2.24. The van der Waals surface area contributed by atoms with Crippen molar-refractivity contribution in [3.05, 3.63) is 70.0 Å². The molecular weight excluding hydrogens is 460 g/mol. The van der Waals surface area contributed by atoms with Crippen molar-refractivity contribution < 1.29 is 13.2 Å². The van der Waals surface area contributed by atoms with E-state index in [-0.39, 0.29) is 22.8 Å². The summed E-state index contributed by atoms with van der Waals surface area (Å²) in [5, 5.41) is 9.03. The maximum absolute atomic E-state index is 12.8. The first kappa shape index (κ1) is 23.0. The highest BCUT2D eigenvalue weighted by Crippen LogP contribution is 2.22. The Labute approximate surface area is 188 Å². The predicted molar refractivity (Wildman–Crippen MR) is 123 cm³/mol. The summed E-state index contributed by atoms with van der Waals surface area (Å²) >= 11 is 7.08. The maximum atomic E-state index is 12.8. The van der Waals surface area contributed by atoms with Crippen LogP contribution in [-0.2, 0) is 21.4 Å². The number of halogens is 1. The van der Waals surface area contributed by atoms with Crippen molar-refractivity contribution in [2.24, 2.45) is 5.14 Å². The number of nitrogens with two attached hydrogens (primary N) is 1. The number of benzene rings is 2. The van der Waals surface area contributed by atoms with Crippen LogP contribution in [0.4, 0.5) is 5.69 Å². The van der Waals surface area contributed by atoms with E-state index in [0.29, 0.717) is 32.3 Å². The fourth-order valence-corrected chi connectivity index (χ4v) is 4.67. The van der Waals surface area contributed by atoms with Crippen molar-refractivity contribution in [3.63, 3.8) is 0 Å². The number of aryl methyl sites for hydroxylation is 1. The number of hydrogen-bond donors (Lipinski definition) is 2. The third-order valence-corrected chi connectivity index (χ3v) is 6.57. The highest BCUT2D eigenvalue weighted by Gasteiger charge is 2.15. The third-order valence-electron chi connectivity index (χ3n) is 4.30. The molecule has 0 bridgehead atoms. The summed E-state index contributed by atoms with van der Waals surface area (Å²) in [7, 11) is -3.91. The zero-order valence-corrected chi connectivity index (χ0v) is 18.9. The molecule has 162 valence electrons. The Bertz CT molecular complexity index is 1350. The van der Waals surface area contributed by atoms with Crippen LogP contribution in [0.1, 0.15) is 5.56 Å². The number of carbonyl (C=O) groups is 1. The van der Waals surface area contributed by atoms with Gasteiger partial charge in [-0.25, -0.2) is 18.5 Å². The van der Waals surface area contributed by atoms with Gasteiger partial charge in [0.15, 0.2) is 5.16 Å². The number of amides is 1. The monoisotopic (exact) mass is 478 g/mol. The predicted octanol–water partition coefficient (Wildman–Crippen LogP) is 2.92. The number of thioether (sulfide) groups is 1. The van der Waals surface area contributed by atoms with Gasteiger partial charge in [0.2, 0.25) is 15.9 Å². The number of aromatic nitrogens is 2. The van der Waals surface area contributed by atoms with Crippen LogP contribution in [0.2, 0.25) is 5.02 Å². The Morgan fingerprint density at radius 3 is 2.74 bits per heavy atom. The molecule has 2 aromatic carbocycles. The highest BCUT2D eigenvalue weighted by atomic mass is 35.5. The summed E-state index contributed by atoms with van der Waals surface area (Å²) in [6.07, 6.45) is 1.57. The average Bonchev–Trinajstić information content (AvgIpc) is 2.69. The van der Waals surface area contributed by atoms with E-state index >= 15 is 0 Å². The number of allylic oxidation sites excluding steroid dienone is 1. The standard InChI is InChI=1S/C20H19ClN4O4S2/c1-3-8-25-19(27)15-7-5-13(21)9-16(15)24-20(25)30-11-18(26)23-14-6-4-12(2)17(10-14)31(22,28)29/h3-7,9-10H,1,8,11H2,2H3,(H,23,26)(H2,22,28,29). The third kappa shape index (κ3) is 5.34. The lowest BCUT2D eigenvalue weighted by Gasteiger charge is -2.12. The molecule has 3 N–H and O–H groups in total. The fraction of sp³-hybridized carbons (Fsp3) is 0.150. The molecular formula is C20H19ClN4O4S2. The van der Waals surface area contributed by atoms with Gasteiger partial charge in [-0.3, -0.25) is 14.2 Å². The molecule has 1 amide bonds. The largest absolute Gasteiger partial charge is 0.325 e. The molecule has 0 aliphatic carbocycles. The molecule has 11 heteroatoms. The molecule has 1 aromatic heterocycles. The molecule has 31 heavy (non-hydrogen) atoms. The zero-order chi connectivity index (χ0) is 22.8. The molecule has 0 radical (unpaired) electrons. The SMILES string of the molecule is C=CCn1c(SCC(=O)Nc2ccc(C)c(S(N)(=O)=O)c2)nc2cc(Cl)ccc2c1=O. The lowest BCUT2D eigenvalue weighted by atomic mass is 10.2. The number of primary sulfonamides is 1. The minimum absolute atomic E-state index is 0.0613. The van der Waals surface area contributed by atoms with E-state index in [9.17, 15) is 18.0 Å². The van der Waals surface area contributed by atoms with Crippen LogP contribution in [0.25, 0.3) is 10.9 Å². The molecule has 0 aliphatic heterocycles. The number of nitrogens with zero attached hydrogens (tertiary/aromatic N) is 2. The van der Waals surface area contributed by atoms with E-state index in [1.807, 2.05) is 0 Å². The first-order chi connectivity index (χ1) is 14.6. The van der Waals surface area contributed by atoms with Gasteiger partial charge in [0.25, 0.3) is 5.56 Å². The minimum Gasteiger partial charge on any atom is -0.325 e. The average molecular weight is 479 g/mol. The Morgan fingerprint density at radius 2 is 2.06 bits per heavy atom. The zero-order valence-electron chi connectivity index (χ0n) is 16.5. The van der Waals surface area contributed by atoms with E-state index in [4.69, 9.17) is 16.7 Å². The second-order valence-electron chi connectivity index (χ2n) is 6.62. The highest BCUT2D eigenvalue weighted by molar-refractivity contribution is 7.99. The van der Waals surface area contributed by atoms with Crippen LogP contribution >= 0.6 is 23.4 Å². The number of anilines is 1. The summed E-state index contributed by atoms with van der Waals surface area (Å²) in [5.74, 6) is -0.464. The molecule has 3 rings (SSSR count). The first-order valence-corrected chi connectivity index (χ1v) is 11.9. The Morgan fingerprint density at radius 1 is 1.32 bits per heavy atom. The molecule has 0 fully saturated rings. The van der Waals surface area contributed by atoms with E-state index < -0.39 is 15.9 Å². The number of fused-ring (bicyclic) bond motifs is 1. The van der Waals surface area contributed by atoms with Crippen LogP contribution in [0, 0.1) is 6.92 Å². The van der Waals surface area contributed by atoms with Crippen molar-refractivity contribution in [2.75, 3.05) is 11.1 Å². The van der Waals surface area contributed by atoms with Gasteiger partial charge in [-0.2, -0.15) is 0 Å². The Hall–Kier alpha value is -2.66. The van der Waals surface area contributed by atoms with Crippen LogP contribution < -0.4 is 16.0 Å². The molecule has 1 heterocycles. The van der Waals surface area contributed by atoms with Gasteiger partial charge in [-0.15, -0.1) is 6.58 Å². The van der Waals surface area contributed by atoms with Crippen LogP contribution in [-0.4, -0.2) is 29.6 Å². The fourth-order valence-electron chi connectivity index (χ4n) is 2.89. The molecule has 0 atom stereocenters. The molecule has 0 aliphatic rings. The van der Waals surface area contributed by atoms with Crippen molar-refractivity contribution in [2.45, 2.75) is 23.5 Å². The first-order valence-electron chi connectivity index (χ1n) is 8.97. The van der Waals surface area contributed by atoms with Gasteiger partial charge < -0.3 is 5.32 Å². The maximum Gasteiger partial charge on any atom is 0.262 e. The van der Waals surface area contributed by atoms with E-state index in [1.54, 1.807) is 43.3 Å². The molecule has 3 aromatic rings. The van der Waals surface area contributed by atoms with Crippen molar-refractivity contribution in [1.29, 1.82) is 0 Å². The number of rotatable bonds is 7. The van der Waals surface area contributed by atoms with E-state index in [0.717, 1.165) is 11.8 Å². The molecule has 0 saturated carbocycles. The van der Waals surface area contributed by atoms with Gasteiger partial charge in [0.05, 0.1) is 21.6 Å². The number of nitrogens with one attached hydrogen (secondary N) is 1. The number of carbonyl (C=O) groups excluding carboxylic acids is 1. The van der Waals surface area contributed by atoms with Crippen molar-refractivity contribution in [1.82, 2.24) is 9.55 Å². The van der Waals surface area contributed by atoms with Gasteiger partial charge in [-0.05, 0) is 42.8 Å². The Kier molecular flexibility index (Phi) is 6.85. The quantitative estimate of drug-likeness (QED) is 0.305. The van der Waals surface area contributed by atoms with Gasteiger partial charge in [0.1, 0.15) is 0 Å². The van der Waals surface area contributed by atoms with Gasteiger partial charge in [0, 0.05) is 17.3 Å². The molecule has 8 nitrogen and oxygen atoms in total. The van der Waals surface area contributed by atoms with Crippen LogP contribution in [0.15, 0.2) is 63.9 Å². The molecule has 0 spiro atoms. The summed E-state index contributed by atoms with van der Waals surface area (Å²) in [6.45, 7) is 5.50. The van der Waals surface area contributed by atoms with Crippen molar-refractivity contribution in [3.8, 4) is 0 Å². The number of sulfonamides is 1. The van der Waals surface area contributed by atoms with E-state index in [1.165, 1.54) is 10.6 Å². The Balaban J connectivity index is 1.84. The summed E-state index contributed by atoms with van der Waals surface area (Å²) in [6, 6.07) is 9.24. The van der Waals surface area contributed by atoms with Gasteiger partial charge in [-0.1, -0.05) is 35.5 Å². The van der Waals surface area contributed by atoms with Crippen LogP contribution in [0.5, 0.6) is 0 Å². The second kappa shape index (κ2) is 9.23. The smallest absolute Gasteiger partial charge is 0.262 e. The van der Waals surface area contributed by atoms with E-state index in [2.05, 4.69) is 16.9 Å². The second-order valence-corrected chi connectivity index (χ2v) is 9.53. The minimum atomic E-state index is -3.91. The van der Waals surface area contributed by atoms with Crippen molar-refractivity contribution >= 4 is 55.9 Å².